The maximum absolute atomic E-state index is 12.7. The van der Waals surface area contributed by atoms with Gasteiger partial charge in [-0.05, 0) is 38.1 Å². The van der Waals surface area contributed by atoms with Gasteiger partial charge in [0.05, 0.1) is 23.6 Å². The van der Waals surface area contributed by atoms with Gasteiger partial charge in [-0.15, -0.1) is 0 Å². The number of hydrogen-bond donors (Lipinski definition) is 2. The molecule has 9 nitrogen and oxygen atoms in total. The molecular weight excluding hydrogens is 477 g/mol. The van der Waals surface area contributed by atoms with Crippen LogP contribution in [0.15, 0.2) is 41.6 Å². The lowest BCUT2D eigenvalue weighted by Crippen LogP contribution is -2.20. The van der Waals surface area contributed by atoms with Gasteiger partial charge in [-0.3, -0.25) is 0 Å². The van der Waals surface area contributed by atoms with Gasteiger partial charge in [0.25, 0.3) is 0 Å². The first kappa shape index (κ1) is 25.3. The molecule has 0 aliphatic rings. The fourth-order valence-electron chi connectivity index (χ4n) is 3.06. The summed E-state index contributed by atoms with van der Waals surface area (Å²) in [5.74, 6) is 1.10. The molecule has 0 saturated carbocycles. The number of sulfonamides is 1. The summed E-state index contributed by atoms with van der Waals surface area (Å²) in [5, 5.41) is 8.70. The molecule has 0 saturated heterocycles. The highest BCUT2D eigenvalue weighted by Gasteiger charge is 2.29. The molecule has 1 heterocycles. The van der Waals surface area contributed by atoms with Gasteiger partial charge in [-0.2, -0.15) is 13.2 Å². The summed E-state index contributed by atoms with van der Waals surface area (Å²) >= 11 is 0. The molecule has 34 heavy (non-hydrogen) atoms. The molecule has 2 aromatic carbocycles. The predicted octanol–water partition coefficient (Wildman–Crippen LogP) is 3.63. The molecule has 0 radical (unpaired) electrons. The van der Waals surface area contributed by atoms with Crippen molar-refractivity contribution in [2.75, 3.05) is 19.0 Å². The number of methoxy groups -OCH3 is 1. The van der Waals surface area contributed by atoms with Crippen molar-refractivity contribution in [1.29, 1.82) is 0 Å². The zero-order valence-corrected chi connectivity index (χ0v) is 19.3. The van der Waals surface area contributed by atoms with Crippen LogP contribution in [0, 0.1) is 0 Å². The monoisotopic (exact) mass is 500 g/mol. The molecule has 0 unspecified atom stereocenters. The van der Waals surface area contributed by atoms with Crippen molar-refractivity contribution in [3.05, 3.63) is 42.2 Å². The zero-order valence-electron chi connectivity index (χ0n) is 18.5. The molecule has 3 N–H and O–H groups in total. The first-order chi connectivity index (χ1) is 15.9. The SMILES string of the molecule is COc1cc2c(NCc3cc(S(N)(=O)=O)ccc3OCC(F)(F)F)ncnc2cc1OC(C)C. The van der Waals surface area contributed by atoms with Crippen molar-refractivity contribution in [1.82, 2.24) is 9.97 Å². The molecule has 0 fully saturated rings. The summed E-state index contributed by atoms with van der Waals surface area (Å²) < 4.78 is 77.4. The molecule has 13 heteroatoms. The number of fused-ring (bicyclic) bond motifs is 1. The number of benzene rings is 2. The van der Waals surface area contributed by atoms with E-state index in [9.17, 15) is 21.6 Å². The first-order valence-electron chi connectivity index (χ1n) is 9.96. The Morgan fingerprint density at radius 3 is 2.44 bits per heavy atom. The van der Waals surface area contributed by atoms with E-state index in [1.807, 2.05) is 13.8 Å². The first-order valence-corrected chi connectivity index (χ1v) is 11.5. The summed E-state index contributed by atoms with van der Waals surface area (Å²) in [5.41, 5.74) is 0.662. The second-order valence-corrected chi connectivity index (χ2v) is 9.04. The molecule has 0 bridgehead atoms. The zero-order chi connectivity index (χ0) is 25.1. The van der Waals surface area contributed by atoms with Crippen molar-refractivity contribution in [3.63, 3.8) is 0 Å². The number of aromatic nitrogens is 2. The molecule has 0 amide bonds. The summed E-state index contributed by atoms with van der Waals surface area (Å²) in [7, 11) is -2.61. The third-order valence-electron chi connectivity index (χ3n) is 4.48. The minimum Gasteiger partial charge on any atom is -0.493 e. The summed E-state index contributed by atoms with van der Waals surface area (Å²) in [6.07, 6.45) is -3.37. The summed E-state index contributed by atoms with van der Waals surface area (Å²) in [6.45, 7) is 2.08. The van der Waals surface area contributed by atoms with Crippen molar-refractivity contribution in [3.8, 4) is 17.2 Å². The van der Waals surface area contributed by atoms with E-state index in [1.54, 1.807) is 12.1 Å². The van der Waals surface area contributed by atoms with Gasteiger partial charge in [0, 0.05) is 23.6 Å². The Morgan fingerprint density at radius 1 is 1.09 bits per heavy atom. The third kappa shape index (κ3) is 6.38. The molecule has 0 aliphatic carbocycles. The Kier molecular flexibility index (Phi) is 7.36. The van der Waals surface area contributed by atoms with Crippen molar-refractivity contribution >= 4 is 26.7 Å². The second kappa shape index (κ2) is 9.89. The molecule has 1 aromatic heterocycles. The largest absolute Gasteiger partial charge is 0.493 e. The lowest BCUT2D eigenvalue weighted by atomic mass is 10.1. The number of nitrogens with zero attached hydrogens (tertiary/aromatic N) is 2. The van der Waals surface area contributed by atoms with Crippen LogP contribution in [0.1, 0.15) is 19.4 Å². The Bertz CT molecular complexity index is 1280. The van der Waals surface area contributed by atoms with E-state index >= 15 is 0 Å². The quantitative estimate of drug-likeness (QED) is 0.456. The number of alkyl halides is 3. The number of nitrogens with two attached hydrogens (primary N) is 1. The van der Waals surface area contributed by atoms with Gasteiger partial charge < -0.3 is 19.5 Å². The fourth-order valence-corrected chi connectivity index (χ4v) is 3.62. The van der Waals surface area contributed by atoms with Gasteiger partial charge in [-0.1, -0.05) is 0 Å². The Hall–Kier alpha value is -3.32. The van der Waals surface area contributed by atoms with Gasteiger partial charge in [0.1, 0.15) is 17.9 Å². The Morgan fingerprint density at radius 2 is 1.82 bits per heavy atom. The highest BCUT2D eigenvalue weighted by atomic mass is 32.2. The standard InChI is InChI=1S/C21H23F3N4O5S/c1-12(2)33-19-8-16-15(7-18(19)31-3)20(28-11-27-16)26-9-13-6-14(34(25,29)30)4-5-17(13)32-10-21(22,23)24/h4-8,11-12H,9-10H2,1-3H3,(H2,25,29,30)(H,26,27,28). The van der Waals surface area contributed by atoms with Crippen molar-refractivity contribution < 1.29 is 35.8 Å². The van der Waals surface area contributed by atoms with E-state index < -0.39 is 22.8 Å². The summed E-state index contributed by atoms with van der Waals surface area (Å²) in [4.78, 5) is 8.15. The summed E-state index contributed by atoms with van der Waals surface area (Å²) in [6, 6.07) is 6.69. The van der Waals surface area contributed by atoms with E-state index in [1.165, 1.54) is 13.4 Å². The average molecular weight is 500 g/mol. The maximum atomic E-state index is 12.7. The number of halogens is 3. The third-order valence-corrected chi connectivity index (χ3v) is 5.39. The van der Waals surface area contributed by atoms with Crippen LogP contribution in [0.4, 0.5) is 19.0 Å². The average Bonchev–Trinajstić information content (AvgIpc) is 2.74. The molecule has 0 spiro atoms. The smallest absolute Gasteiger partial charge is 0.422 e. The minimum absolute atomic E-state index is 0.105. The lowest BCUT2D eigenvalue weighted by Gasteiger charge is -2.17. The Labute approximate surface area is 194 Å². The highest BCUT2D eigenvalue weighted by molar-refractivity contribution is 7.89. The van der Waals surface area contributed by atoms with Crippen LogP contribution in [-0.2, 0) is 16.6 Å². The number of rotatable bonds is 9. The number of nitrogens with one attached hydrogen (secondary N) is 1. The molecule has 3 aromatic rings. The number of anilines is 1. The Balaban J connectivity index is 1.96. The van der Waals surface area contributed by atoms with Gasteiger partial charge >= 0.3 is 6.18 Å². The van der Waals surface area contributed by atoms with E-state index in [2.05, 4.69) is 15.3 Å². The maximum Gasteiger partial charge on any atom is 0.422 e. The van der Waals surface area contributed by atoms with Crippen LogP contribution in [0.5, 0.6) is 17.2 Å². The van der Waals surface area contributed by atoms with Crippen LogP contribution >= 0.6 is 0 Å². The van der Waals surface area contributed by atoms with Gasteiger partial charge in [0.15, 0.2) is 18.1 Å². The molecule has 0 aliphatic heterocycles. The normalized spacial score (nSPS) is 12.1. The van der Waals surface area contributed by atoms with Gasteiger partial charge in [0.2, 0.25) is 10.0 Å². The van der Waals surface area contributed by atoms with E-state index in [4.69, 9.17) is 19.3 Å². The fraction of sp³-hybridized carbons (Fsp3) is 0.333. The van der Waals surface area contributed by atoms with Crippen LogP contribution in [0.25, 0.3) is 10.9 Å². The van der Waals surface area contributed by atoms with E-state index in [0.717, 1.165) is 18.2 Å². The van der Waals surface area contributed by atoms with Gasteiger partial charge in [-0.25, -0.2) is 23.5 Å². The second-order valence-electron chi connectivity index (χ2n) is 7.48. The van der Waals surface area contributed by atoms with E-state index in [0.29, 0.717) is 28.2 Å². The number of ether oxygens (including phenoxy) is 3. The number of primary sulfonamides is 1. The highest BCUT2D eigenvalue weighted by Crippen LogP contribution is 2.35. The molecule has 0 atom stereocenters. The van der Waals surface area contributed by atoms with E-state index in [-0.39, 0.29) is 28.9 Å². The van der Waals surface area contributed by atoms with Crippen LogP contribution in [-0.4, -0.2) is 44.4 Å². The molecule has 184 valence electrons. The van der Waals surface area contributed by atoms with Crippen LogP contribution in [0.3, 0.4) is 0 Å². The van der Waals surface area contributed by atoms with Crippen molar-refractivity contribution in [2.24, 2.45) is 5.14 Å². The van der Waals surface area contributed by atoms with Crippen LogP contribution < -0.4 is 24.7 Å². The minimum atomic E-state index is -4.57. The van der Waals surface area contributed by atoms with Crippen LogP contribution in [0.2, 0.25) is 0 Å². The molecule has 3 rings (SSSR count). The molecular formula is C21H23F3N4O5S. The van der Waals surface area contributed by atoms with Crippen molar-refractivity contribution in [2.45, 2.75) is 37.6 Å². The predicted molar refractivity (Wildman–Crippen MR) is 119 cm³/mol. The number of hydrogen-bond acceptors (Lipinski definition) is 8. The topological polar surface area (TPSA) is 126 Å². The lowest BCUT2D eigenvalue weighted by molar-refractivity contribution is -0.153.